The van der Waals surface area contributed by atoms with Crippen molar-refractivity contribution in [1.82, 2.24) is 10.2 Å². The topological polar surface area (TPSA) is 78.9 Å². The highest BCUT2D eigenvalue weighted by atomic mass is 32.2. The predicted octanol–water partition coefficient (Wildman–Crippen LogP) is 1.49. The van der Waals surface area contributed by atoms with Crippen LogP contribution in [0.3, 0.4) is 0 Å². The second-order valence-corrected chi connectivity index (χ2v) is 8.54. The molecule has 2 amide bonds. The van der Waals surface area contributed by atoms with Crippen molar-refractivity contribution in [2.45, 2.75) is 12.1 Å². The normalized spacial score (nSPS) is 24.4. The molecule has 1 aromatic rings. The number of rotatable bonds is 5. The summed E-state index contributed by atoms with van der Waals surface area (Å²) in [6, 6.07) is 7.08. The average molecular weight is 411 g/mol. The van der Waals surface area contributed by atoms with E-state index in [4.69, 9.17) is 17.0 Å². The van der Waals surface area contributed by atoms with Gasteiger partial charge in [0.25, 0.3) is 5.91 Å². The van der Waals surface area contributed by atoms with E-state index in [-0.39, 0.29) is 24.4 Å². The minimum atomic E-state index is -0.555. The van der Waals surface area contributed by atoms with Crippen molar-refractivity contribution < 1.29 is 19.4 Å². The van der Waals surface area contributed by atoms with Gasteiger partial charge in [0.2, 0.25) is 5.91 Å². The summed E-state index contributed by atoms with van der Waals surface area (Å²) in [4.78, 5) is 26.6. The quantitative estimate of drug-likeness (QED) is 0.562. The van der Waals surface area contributed by atoms with E-state index in [1.165, 1.54) is 4.90 Å². The molecule has 3 rings (SSSR count). The zero-order chi connectivity index (χ0) is 18.7. The molecule has 2 fully saturated rings. The molecule has 0 saturated carbocycles. The van der Waals surface area contributed by atoms with E-state index in [0.29, 0.717) is 26.5 Å². The smallest absolute Gasteiger partial charge is 0.266 e. The van der Waals surface area contributed by atoms with Crippen LogP contribution in [0.5, 0.6) is 5.75 Å². The molecule has 1 aromatic carbocycles. The van der Waals surface area contributed by atoms with Crippen LogP contribution in [0.4, 0.5) is 0 Å². The highest BCUT2D eigenvalue weighted by Gasteiger charge is 2.35. The van der Waals surface area contributed by atoms with Crippen LogP contribution < -0.4 is 10.1 Å². The SMILES string of the molecule is COc1ccccc1/C=C1\SC(=S)N(CC(=O)NC2CSCC2O)C1=O. The average Bonchev–Trinajstić information content (AvgIpc) is 3.13. The molecular formula is C17H18N2O4S3. The van der Waals surface area contributed by atoms with Gasteiger partial charge < -0.3 is 15.2 Å². The molecule has 2 heterocycles. The van der Waals surface area contributed by atoms with Crippen LogP contribution in [-0.4, -0.2) is 63.4 Å². The van der Waals surface area contributed by atoms with Gasteiger partial charge in [-0.25, -0.2) is 0 Å². The van der Waals surface area contributed by atoms with Crippen molar-refractivity contribution in [2.24, 2.45) is 0 Å². The Bertz CT molecular complexity index is 768. The van der Waals surface area contributed by atoms with Crippen molar-refractivity contribution in [3.8, 4) is 5.75 Å². The lowest BCUT2D eigenvalue weighted by Gasteiger charge is -2.18. The summed E-state index contributed by atoms with van der Waals surface area (Å²) in [6.45, 7) is -0.151. The number of benzene rings is 1. The maximum Gasteiger partial charge on any atom is 0.266 e. The van der Waals surface area contributed by atoms with Crippen LogP contribution in [-0.2, 0) is 9.59 Å². The van der Waals surface area contributed by atoms with Gasteiger partial charge in [-0.2, -0.15) is 11.8 Å². The number of hydrogen-bond acceptors (Lipinski definition) is 7. The van der Waals surface area contributed by atoms with Crippen molar-refractivity contribution in [2.75, 3.05) is 25.2 Å². The van der Waals surface area contributed by atoms with Gasteiger partial charge in [-0.15, -0.1) is 0 Å². The Hall–Kier alpha value is -1.55. The lowest BCUT2D eigenvalue weighted by atomic mass is 10.2. The number of amides is 2. The van der Waals surface area contributed by atoms with Crippen molar-refractivity contribution >= 4 is 58.0 Å². The molecule has 138 valence electrons. The number of aliphatic hydroxyl groups excluding tert-OH is 1. The first-order chi connectivity index (χ1) is 12.5. The first-order valence-corrected chi connectivity index (χ1v) is 10.3. The number of thioether (sulfide) groups is 2. The highest BCUT2D eigenvalue weighted by molar-refractivity contribution is 8.26. The molecule has 0 bridgehead atoms. The zero-order valence-corrected chi connectivity index (χ0v) is 16.5. The summed E-state index contributed by atoms with van der Waals surface area (Å²) < 4.78 is 5.63. The van der Waals surface area contributed by atoms with Crippen LogP contribution in [0.15, 0.2) is 29.2 Å². The van der Waals surface area contributed by atoms with E-state index in [2.05, 4.69) is 5.32 Å². The van der Waals surface area contributed by atoms with Crippen molar-refractivity contribution in [3.63, 3.8) is 0 Å². The molecule has 0 aliphatic carbocycles. The monoisotopic (exact) mass is 410 g/mol. The summed E-state index contributed by atoms with van der Waals surface area (Å²) in [5.74, 6) is 1.30. The molecule has 2 aliphatic rings. The van der Waals surface area contributed by atoms with E-state index in [0.717, 1.165) is 17.3 Å². The van der Waals surface area contributed by atoms with Gasteiger partial charge in [-0.3, -0.25) is 14.5 Å². The third-order valence-electron chi connectivity index (χ3n) is 4.00. The third kappa shape index (κ3) is 4.22. The number of aliphatic hydroxyl groups is 1. The van der Waals surface area contributed by atoms with E-state index in [1.807, 2.05) is 24.3 Å². The maximum atomic E-state index is 12.6. The minimum absolute atomic E-state index is 0.151. The van der Waals surface area contributed by atoms with Gasteiger partial charge in [-0.05, 0) is 12.1 Å². The van der Waals surface area contributed by atoms with Crippen LogP contribution >= 0.6 is 35.7 Å². The fourth-order valence-corrected chi connectivity index (χ4v) is 5.06. The number of thiocarbonyl (C=S) groups is 1. The molecule has 9 heteroatoms. The van der Waals surface area contributed by atoms with Gasteiger partial charge in [0, 0.05) is 17.1 Å². The molecule has 2 saturated heterocycles. The van der Waals surface area contributed by atoms with Crippen molar-refractivity contribution in [3.05, 3.63) is 34.7 Å². The van der Waals surface area contributed by atoms with Crippen molar-refractivity contribution in [1.29, 1.82) is 0 Å². The number of carbonyl (C=O) groups excluding carboxylic acids is 2. The summed E-state index contributed by atoms with van der Waals surface area (Å²) in [7, 11) is 1.57. The lowest BCUT2D eigenvalue weighted by Crippen LogP contribution is -2.47. The number of nitrogens with one attached hydrogen (secondary N) is 1. The van der Waals surface area contributed by atoms with Crippen LogP contribution in [0, 0.1) is 0 Å². The van der Waals surface area contributed by atoms with Gasteiger partial charge >= 0.3 is 0 Å². The molecule has 2 unspecified atom stereocenters. The second-order valence-electron chi connectivity index (χ2n) is 5.79. The second kappa shape index (κ2) is 8.43. The molecule has 2 N–H and O–H groups in total. The number of ether oxygens (including phenoxy) is 1. The first kappa shape index (κ1) is 19.2. The number of methoxy groups -OCH3 is 1. The maximum absolute atomic E-state index is 12.6. The Labute approximate surface area is 165 Å². The summed E-state index contributed by atoms with van der Waals surface area (Å²) in [6.07, 6.45) is 1.16. The third-order valence-corrected chi connectivity index (χ3v) is 6.55. The summed E-state index contributed by atoms with van der Waals surface area (Å²) in [5.41, 5.74) is 0.769. The Kier molecular flexibility index (Phi) is 6.23. The van der Waals surface area contributed by atoms with E-state index in [1.54, 1.807) is 24.9 Å². The predicted molar refractivity (Wildman–Crippen MR) is 108 cm³/mol. The Morgan fingerprint density at radius 2 is 2.23 bits per heavy atom. The van der Waals surface area contributed by atoms with E-state index >= 15 is 0 Å². The lowest BCUT2D eigenvalue weighted by molar-refractivity contribution is -0.129. The number of para-hydroxylation sites is 1. The molecular weight excluding hydrogens is 392 g/mol. The standard InChI is InChI=1S/C17H18N2O4S3/c1-23-13-5-3-2-4-10(13)6-14-16(22)19(17(24)26-14)7-15(21)18-11-8-25-9-12(11)20/h2-6,11-12,20H,7-9H2,1H3,(H,18,21)/b14-6-. The largest absolute Gasteiger partial charge is 0.496 e. The first-order valence-electron chi connectivity index (χ1n) is 7.93. The molecule has 0 spiro atoms. The van der Waals surface area contributed by atoms with Gasteiger partial charge in [0.1, 0.15) is 16.6 Å². The van der Waals surface area contributed by atoms with Gasteiger partial charge in [0.05, 0.1) is 24.2 Å². The number of hydrogen-bond donors (Lipinski definition) is 2. The Balaban J connectivity index is 1.68. The van der Waals surface area contributed by atoms with Gasteiger partial charge in [0.15, 0.2) is 0 Å². The summed E-state index contributed by atoms with van der Waals surface area (Å²) in [5, 5.41) is 12.6. The number of carbonyl (C=O) groups is 2. The summed E-state index contributed by atoms with van der Waals surface area (Å²) >= 11 is 8.00. The molecule has 2 atom stereocenters. The molecule has 0 radical (unpaired) electrons. The van der Waals surface area contributed by atoms with Gasteiger partial charge in [-0.1, -0.05) is 42.2 Å². The fourth-order valence-electron chi connectivity index (χ4n) is 2.64. The highest BCUT2D eigenvalue weighted by Crippen LogP contribution is 2.34. The zero-order valence-electron chi connectivity index (χ0n) is 14.0. The molecule has 2 aliphatic heterocycles. The minimum Gasteiger partial charge on any atom is -0.496 e. The van der Waals surface area contributed by atoms with Crippen LogP contribution in [0.1, 0.15) is 5.56 Å². The Morgan fingerprint density at radius 1 is 1.46 bits per heavy atom. The molecule has 6 nitrogen and oxygen atoms in total. The molecule has 0 aromatic heterocycles. The van der Waals surface area contributed by atoms with Crippen LogP contribution in [0.2, 0.25) is 0 Å². The van der Waals surface area contributed by atoms with E-state index in [9.17, 15) is 14.7 Å². The van der Waals surface area contributed by atoms with Crippen LogP contribution in [0.25, 0.3) is 6.08 Å². The Morgan fingerprint density at radius 3 is 2.92 bits per heavy atom. The fraction of sp³-hybridized carbons (Fsp3) is 0.353. The number of nitrogens with zero attached hydrogens (tertiary/aromatic N) is 1. The van der Waals surface area contributed by atoms with E-state index < -0.39 is 6.10 Å². The molecule has 26 heavy (non-hydrogen) atoms.